The summed E-state index contributed by atoms with van der Waals surface area (Å²) in [6.45, 7) is 5.41. The molecule has 0 bridgehead atoms. The summed E-state index contributed by atoms with van der Waals surface area (Å²) in [4.78, 5) is 0. The van der Waals surface area contributed by atoms with Crippen molar-refractivity contribution in [3.63, 3.8) is 0 Å². The first kappa shape index (κ1) is 26.3. The van der Waals surface area contributed by atoms with E-state index < -0.39 is 46.1 Å². The summed E-state index contributed by atoms with van der Waals surface area (Å²) in [5.41, 5.74) is -4.23. The molecule has 0 atom stereocenters. The Morgan fingerprint density at radius 3 is 2.09 bits per heavy atom. The Kier molecular flexibility index (Phi) is 6.82. The highest BCUT2D eigenvalue weighted by atomic mass is 19.4. The minimum absolute atomic E-state index is 0.0499. The van der Waals surface area contributed by atoms with Crippen LogP contribution in [-0.2, 0) is 18.8 Å². The van der Waals surface area contributed by atoms with Crippen LogP contribution in [0.1, 0.15) is 39.1 Å². The molecule has 0 saturated carbocycles. The van der Waals surface area contributed by atoms with Gasteiger partial charge in [0, 0.05) is 24.7 Å². The number of hydrogen-bond acceptors (Lipinski definition) is 5. The fourth-order valence-corrected chi connectivity index (χ4v) is 3.32. The zero-order chi connectivity index (χ0) is 26.3. The van der Waals surface area contributed by atoms with Crippen LogP contribution >= 0.6 is 0 Å². The third-order valence-electron chi connectivity index (χ3n) is 4.86. The largest absolute Gasteiger partial charge is 0.491 e. The van der Waals surface area contributed by atoms with Crippen molar-refractivity contribution in [2.75, 3.05) is 6.61 Å². The highest BCUT2D eigenvalue weighted by Gasteiger charge is 2.37. The molecule has 12 heteroatoms. The topological polar surface area (TPSA) is 69.4 Å². The predicted octanol–water partition coefficient (Wildman–Crippen LogP) is 5.38. The molecule has 0 spiro atoms. The Balaban J connectivity index is 2.01. The monoisotopic (exact) mass is 503 g/mol. The molecule has 1 aromatic heterocycles. The van der Waals surface area contributed by atoms with Crippen molar-refractivity contribution in [3.05, 3.63) is 59.2 Å². The first-order valence-corrected chi connectivity index (χ1v) is 10.3. The van der Waals surface area contributed by atoms with Crippen LogP contribution in [0, 0.1) is 17.5 Å². The van der Waals surface area contributed by atoms with Crippen LogP contribution in [0.2, 0.25) is 0 Å². The fourth-order valence-electron chi connectivity index (χ4n) is 3.32. The van der Waals surface area contributed by atoms with Crippen LogP contribution in [-0.4, -0.2) is 32.1 Å². The van der Waals surface area contributed by atoms with Gasteiger partial charge in [0.05, 0.1) is 11.2 Å². The molecule has 0 aliphatic rings. The van der Waals surface area contributed by atoms with E-state index in [2.05, 4.69) is 10.2 Å². The average Bonchev–Trinajstić information content (AvgIpc) is 3.10. The number of hydrogen-bond donors (Lipinski definition) is 1. The lowest BCUT2D eigenvalue weighted by molar-refractivity contribution is -0.137. The summed E-state index contributed by atoms with van der Waals surface area (Å²) in [7, 11) is 1.37. The molecule has 1 N–H and O–H groups in total. The third-order valence-corrected chi connectivity index (χ3v) is 4.86. The number of nitrogens with zero attached hydrogens (tertiary/aromatic N) is 3. The van der Waals surface area contributed by atoms with Gasteiger partial charge in [-0.3, -0.25) is 0 Å². The maximum atomic E-state index is 14.1. The molecule has 0 amide bonds. The van der Waals surface area contributed by atoms with Crippen molar-refractivity contribution < 1.29 is 40.9 Å². The van der Waals surface area contributed by atoms with Gasteiger partial charge in [-0.25, -0.2) is 13.2 Å². The molecule has 0 unspecified atom stereocenters. The van der Waals surface area contributed by atoms with Crippen molar-refractivity contribution >= 4 is 0 Å². The molecule has 6 nitrogen and oxygen atoms in total. The van der Waals surface area contributed by atoms with Gasteiger partial charge in [0.15, 0.2) is 34.6 Å². The number of ether oxygens (including phenoxy) is 2. The molecule has 0 saturated heterocycles. The Bertz CT molecular complexity index is 1210. The molecule has 3 rings (SSSR count). The minimum atomic E-state index is -4.79. The summed E-state index contributed by atoms with van der Waals surface area (Å²) in [5.74, 6) is -4.95. The number of benzene rings is 2. The lowest BCUT2D eigenvalue weighted by Gasteiger charge is -2.26. The standard InChI is InChI=1S/C23H23F6N3O3/c1-21(2,33)11-34-13-6-7-14(15(10-13)23(27,28)29)19-30-31-20(32(19)5)22(3,4)35-18-16(25)8-12(24)9-17(18)26/h6-10,33H,11H2,1-5H3. The molecule has 0 radical (unpaired) electrons. The van der Waals surface area contributed by atoms with Crippen molar-refractivity contribution in [3.8, 4) is 22.9 Å². The molecule has 0 aliphatic carbocycles. The van der Waals surface area contributed by atoms with E-state index in [1.165, 1.54) is 45.4 Å². The van der Waals surface area contributed by atoms with Gasteiger partial charge in [-0.05, 0) is 45.9 Å². The highest BCUT2D eigenvalue weighted by Crippen LogP contribution is 2.40. The van der Waals surface area contributed by atoms with Gasteiger partial charge in [-0.15, -0.1) is 10.2 Å². The predicted molar refractivity (Wildman–Crippen MR) is 113 cm³/mol. The van der Waals surface area contributed by atoms with Crippen LogP contribution < -0.4 is 9.47 Å². The van der Waals surface area contributed by atoms with Gasteiger partial charge < -0.3 is 19.1 Å². The van der Waals surface area contributed by atoms with Gasteiger partial charge in [0.2, 0.25) is 0 Å². The van der Waals surface area contributed by atoms with E-state index in [9.17, 15) is 31.4 Å². The van der Waals surface area contributed by atoms with Crippen LogP contribution in [0.3, 0.4) is 0 Å². The minimum Gasteiger partial charge on any atom is -0.491 e. The van der Waals surface area contributed by atoms with E-state index in [1.807, 2.05) is 0 Å². The normalized spacial score (nSPS) is 12.7. The van der Waals surface area contributed by atoms with Crippen molar-refractivity contribution in [1.29, 1.82) is 0 Å². The number of aromatic nitrogens is 3. The average molecular weight is 503 g/mol. The molecule has 0 fully saturated rings. The third kappa shape index (κ3) is 5.87. The maximum absolute atomic E-state index is 14.1. The first-order chi connectivity index (χ1) is 16.0. The van der Waals surface area contributed by atoms with Gasteiger partial charge >= 0.3 is 6.18 Å². The number of halogens is 6. The van der Waals surface area contributed by atoms with E-state index in [-0.39, 0.29) is 29.6 Å². The SMILES string of the molecule is Cn1c(-c2ccc(OCC(C)(C)O)cc2C(F)(F)F)nnc1C(C)(C)Oc1c(F)cc(F)cc1F. The van der Waals surface area contributed by atoms with E-state index in [0.29, 0.717) is 12.1 Å². The van der Waals surface area contributed by atoms with Gasteiger partial charge in [0.25, 0.3) is 0 Å². The van der Waals surface area contributed by atoms with Gasteiger partial charge in [0.1, 0.15) is 18.2 Å². The second-order valence-corrected chi connectivity index (χ2v) is 9.02. The smallest absolute Gasteiger partial charge is 0.417 e. The molecule has 190 valence electrons. The van der Waals surface area contributed by atoms with Gasteiger partial charge in [-0.2, -0.15) is 13.2 Å². The number of alkyl halides is 3. The van der Waals surface area contributed by atoms with Crippen LogP contribution in [0.25, 0.3) is 11.4 Å². The lowest BCUT2D eigenvalue weighted by atomic mass is 10.0. The summed E-state index contributed by atoms with van der Waals surface area (Å²) < 4.78 is 94.9. The zero-order valence-electron chi connectivity index (χ0n) is 19.5. The molecule has 2 aromatic carbocycles. The van der Waals surface area contributed by atoms with E-state index in [0.717, 1.165) is 12.1 Å². The van der Waals surface area contributed by atoms with Gasteiger partial charge in [-0.1, -0.05) is 0 Å². The van der Waals surface area contributed by atoms with Crippen LogP contribution in [0.4, 0.5) is 26.3 Å². The molecule has 1 heterocycles. The lowest BCUT2D eigenvalue weighted by Crippen LogP contribution is -2.30. The highest BCUT2D eigenvalue weighted by molar-refractivity contribution is 5.63. The van der Waals surface area contributed by atoms with Crippen LogP contribution in [0.5, 0.6) is 11.5 Å². The second-order valence-electron chi connectivity index (χ2n) is 9.02. The maximum Gasteiger partial charge on any atom is 0.417 e. The van der Waals surface area contributed by atoms with Crippen molar-refractivity contribution in [2.24, 2.45) is 7.05 Å². The van der Waals surface area contributed by atoms with Crippen molar-refractivity contribution in [1.82, 2.24) is 14.8 Å². The number of rotatable bonds is 7. The Labute approximate surface area is 197 Å². The molecular weight excluding hydrogens is 480 g/mol. The summed E-state index contributed by atoms with van der Waals surface area (Å²) in [5, 5.41) is 17.5. The Morgan fingerprint density at radius 2 is 1.54 bits per heavy atom. The molecular formula is C23H23F6N3O3. The quantitative estimate of drug-likeness (QED) is 0.439. The molecule has 3 aromatic rings. The van der Waals surface area contributed by atoms with E-state index in [1.54, 1.807) is 0 Å². The summed E-state index contributed by atoms with van der Waals surface area (Å²) >= 11 is 0. The molecule has 0 aliphatic heterocycles. The molecule has 35 heavy (non-hydrogen) atoms. The van der Waals surface area contributed by atoms with Crippen molar-refractivity contribution in [2.45, 2.75) is 45.1 Å². The Morgan fingerprint density at radius 1 is 0.943 bits per heavy atom. The Hall–Kier alpha value is -3.28. The summed E-state index contributed by atoms with van der Waals surface area (Å²) in [6, 6.07) is 4.08. The second kappa shape index (κ2) is 9.06. The van der Waals surface area contributed by atoms with E-state index >= 15 is 0 Å². The summed E-state index contributed by atoms with van der Waals surface area (Å²) in [6.07, 6.45) is -4.79. The zero-order valence-corrected chi connectivity index (χ0v) is 19.5. The number of aliphatic hydroxyl groups is 1. The first-order valence-electron chi connectivity index (χ1n) is 10.3. The van der Waals surface area contributed by atoms with E-state index in [4.69, 9.17) is 9.47 Å². The fraction of sp³-hybridized carbons (Fsp3) is 0.391. The van der Waals surface area contributed by atoms with Crippen LogP contribution in [0.15, 0.2) is 30.3 Å².